The second-order valence-corrected chi connectivity index (χ2v) is 10.3. The highest BCUT2D eigenvalue weighted by Gasteiger charge is 2.34. The molecule has 7 heteroatoms. The first-order valence-corrected chi connectivity index (χ1v) is 10.5. The third kappa shape index (κ3) is 5.05. The Balaban J connectivity index is 1.89. The minimum absolute atomic E-state index is 0.0238. The Hall–Kier alpha value is -1.44. The molecule has 1 fully saturated rings. The normalized spacial score (nSPS) is 21.2. The highest BCUT2D eigenvalue weighted by molar-refractivity contribution is 7.89. The smallest absolute Gasteiger partial charge is 0.240 e. The van der Waals surface area contributed by atoms with Gasteiger partial charge in [-0.15, -0.1) is 0 Å². The largest absolute Gasteiger partial charge is 0.342 e. The molecule has 1 atom stereocenters. The van der Waals surface area contributed by atoms with Gasteiger partial charge in [0.1, 0.15) is 0 Å². The summed E-state index contributed by atoms with van der Waals surface area (Å²) < 4.78 is 27.3. The minimum Gasteiger partial charge on any atom is -0.342 e. The number of nitrogens with two attached hydrogens (primary N) is 1. The zero-order valence-electron chi connectivity index (χ0n) is 16.2. The van der Waals surface area contributed by atoms with Gasteiger partial charge in [-0.25, -0.2) is 13.1 Å². The van der Waals surface area contributed by atoms with Crippen molar-refractivity contribution in [1.82, 2.24) is 9.62 Å². The third-order valence-electron chi connectivity index (χ3n) is 5.06. The van der Waals surface area contributed by atoms with Crippen molar-refractivity contribution >= 4 is 15.9 Å². The maximum absolute atomic E-state index is 12.4. The maximum Gasteiger partial charge on any atom is 0.240 e. The molecular formula is C19H31N3O3S. The van der Waals surface area contributed by atoms with E-state index < -0.39 is 10.0 Å². The molecule has 1 heterocycles. The van der Waals surface area contributed by atoms with Crippen LogP contribution in [0.2, 0.25) is 0 Å². The Labute approximate surface area is 157 Å². The van der Waals surface area contributed by atoms with Crippen molar-refractivity contribution < 1.29 is 13.2 Å². The molecular weight excluding hydrogens is 350 g/mol. The van der Waals surface area contributed by atoms with E-state index in [1.807, 2.05) is 12.1 Å². The van der Waals surface area contributed by atoms with Crippen LogP contribution in [0.15, 0.2) is 29.2 Å². The lowest BCUT2D eigenvalue weighted by Crippen LogP contribution is -2.36. The summed E-state index contributed by atoms with van der Waals surface area (Å²) in [6.07, 6.45) is 1.04. The van der Waals surface area contributed by atoms with Crippen LogP contribution in [0.5, 0.6) is 0 Å². The van der Waals surface area contributed by atoms with Gasteiger partial charge in [-0.3, -0.25) is 4.79 Å². The average molecular weight is 382 g/mol. The van der Waals surface area contributed by atoms with Crippen molar-refractivity contribution in [2.24, 2.45) is 11.1 Å². The summed E-state index contributed by atoms with van der Waals surface area (Å²) in [5.74, 6) is -0.0343. The Kier molecular flexibility index (Phi) is 6.15. The molecule has 1 aliphatic rings. The van der Waals surface area contributed by atoms with Crippen LogP contribution in [0.3, 0.4) is 0 Å². The summed E-state index contributed by atoms with van der Waals surface area (Å²) in [4.78, 5) is 14.3. The molecule has 3 N–H and O–H groups in total. The fourth-order valence-corrected chi connectivity index (χ4v) is 4.10. The van der Waals surface area contributed by atoms with Gasteiger partial charge in [0.2, 0.25) is 15.9 Å². The fraction of sp³-hybridized carbons (Fsp3) is 0.632. The van der Waals surface area contributed by atoms with E-state index in [-0.39, 0.29) is 34.6 Å². The van der Waals surface area contributed by atoms with Crippen molar-refractivity contribution in [1.29, 1.82) is 0 Å². The molecule has 6 nitrogen and oxygen atoms in total. The van der Waals surface area contributed by atoms with Crippen molar-refractivity contribution in [2.45, 2.75) is 50.8 Å². The van der Waals surface area contributed by atoms with Gasteiger partial charge < -0.3 is 10.6 Å². The number of carbonyl (C=O) groups is 1. The van der Waals surface area contributed by atoms with E-state index in [1.165, 1.54) is 0 Å². The van der Waals surface area contributed by atoms with E-state index in [0.717, 1.165) is 12.0 Å². The SMILES string of the molecule is CC1(CN)CCN(C(=O)CCNS(=O)(=O)c2ccc(C(C)(C)C)cc2)C1. The standard InChI is InChI=1S/C19H31N3O3S/c1-18(2,3)15-5-7-16(8-6-15)26(24,25)21-11-9-17(23)22-12-10-19(4,13-20)14-22/h5-8,21H,9-14,20H2,1-4H3. The number of hydrogen-bond acceptors (Lipinski definition) is 4. The lowest BCUT2D eigenvalue weighted by atomic mass is 9.87. The number of sulfonamides is 1. The Bertz CT molecular complexity index is 738. The second-order valence-electron chi connectivity index (χ2n) is 8.50. The molecule has 26 heavy (non-hydrogen) atoms. The molecule has 1 aromatic carbocycles. The summed E-state index contributed by atoms with van der Waals surface area (Å²) in [6.45, 7) is 10.3. The highest BCUT2D eigenvalue weighted by atomic mass is 32.2. The summed E-state index contributed by atoms with van der Waals surface area (Å²) in [5.41, 5.74) is 6.78. The Morgan fingerprint density at radius 3 is 2.38 bits per heavy atom. The van der Waals surface area contributed by atoms with E-state index in [2.05, 4.69) is 32.4 Å². The molecule has 0 spiro atoms. The van der Waals surface area contributed by atoms with E-state index >= 15 is 0 Å². The number of amides is 1. The molecule has 0 bridgehead atoms. The van der Waals surface area contributed by atoms with Crippen molar-refractivity contribution in [3.05, 3.63) is 29.8 Å². The Morgan fingerprint density at radius 1 is 1.27 bits per heavy atom. The van der Waals surface area contributed by atoms with Crippen LogP contribution in [0.1, 0.15) is 46.1 Å². The van der Waals surface area contributed by atoms with Gasteiger partial charge in [0.25, 0.3) is 0 Å². The van der Waals surface area contributed by atoms with Crippen molar-refractivity contribution in [3.63, 3.8) is 0 Å². The summed E-state index contributed by atoms with van der Waals surface area (Å²) in [6, 6.07) is 6.88. The molecule has 0 saturated carbocycles. The first-order valence-electron chi connectivity index (χ1n) is 9.05. The third-order valence-corrected chi connectivity index (χ3v) is 6.54. The van der Waals surface area contributed by atoms with Gasteiger partial charge in [0.05, 0.1) is 4.90 Å². The van der Waals surface area contributed by atoms with Gasteiger partial charge in [-0.05, 0) is 41.5 Å². The first kappa shape index (κ1) is 20.9. The molecule has 0 aliphatic carbocycles. The number of nitrogens with zero attached hydrogens (tertiary/aromatic N) is 1. The highest BCUT2D eigenvalue weighted by Crippen LogP contribution is 2.28. The molecule has 1 aliphatic heterocycles. The summed E-state index contributed by atoms with van der Waals surface area (Å²) in [5, 5.41) is 0. The van der Waals surface area contributed by atoms with Gasteiger partial charge in [0, 0.05) is 26.1 Å². The quantitative estimate of drug-likeness (QED) is 0.786. The van der Waals surface area contributed by atoms with E-state index in [0.29, 0.717) is 19.6 Å². The van der Waals surface area contributed by atoms with Crippen LogP contribution < -0.4 is 10.5 Å². The molecule has 1 amide bonds. The fourth-order valence-electron chi connectivity index (χ4n) is 3.07. The summed E-state index contributed by atoms with van der Waals surface area (Å²) >= 11 is 0. The van der Waals surface area contributed by atoms with Gasteiger partial charge in [-0.2, -0.15) is 0 Å². The van der Waals surface area contributed by atoms with E-state index in [4.69, 9.17) is 5.73 Å². The van der Waals surface area contributed by atoms with Gasteiger partial charge in [-0.1, -0.05) is 39.8 Å². The minimum atomic E-state index is -3.61. The van der Waals surface area contributed by atoms with E-state index in [1.54, 1.807) is 17.0 Å². The summed E-state index contributed by atoms with van der Waals surface area (Å²) in [7, 11) is -3.61. The first-order chi connectivity index (χ1) is 12.0. The number of benzene rings is 1. The number of hydrogen-bond donors (Lipinski definition) is 2. The number of likely N-dealkylation sites (tertiary alicyclic amines) is 1. The molecule has 1 saturated heterocycles. The number of nitrogens with one attached hydrogen (secondary N) is 1. The molecule has 0 radical (unpaired) electrons. The van der Waals surface area contributed by atoms with Gasteiger partial charge in [0.15, 0.2) is 0 Å². The molecule has 1 unspecified atom stereocenters. The number of carbonyl (C=O) groups excluding carboxylic acids is 1. The van der Waals surface area contributed by atoms with Crippen LogP contribution >= 0.6 is 0 Å². The lowest BCUT2D eigenvalue weighted by molar-refractivity contribution is -0.130. The maximum atomic E-state index is 12.4. The van der Waals surface area contributed by atoms with Crippen LogP contribution in [0, 0.1) is 5.41 Å². The van der Waals surface area contributed by atoms with Crippen LogP contribution in [0.4, 0.5) is 0 Å². The second kappa shape index (κ2) is 7.66. The predicted molar refractivity (Wildman–Crippen MR) is 103 cm³/mol. The topological polar surface area (TPSA) is 92.5 Å². The molecule has 2 rings (SSSR count). The predicted octanol–water partition coefficient (Wildman–Crippen LogP) is 1.85. The molecule has 0 aromatic heterocycles. The monoisotopic (exact) mass is 381 g/mol. The van der Waals surface area contributed by atoms with Crippen molar-refractivity contribution in [3.8, 4) is 0 Å². The lowest BCUT2D eigenvalue weighted by Gasteiger charge is -2.22. The van der Waals surface area contributed by atoms with Gasteiger partial charge >= 0.3 is 0 Å². The Morgan fingerprint density at radius 2 is 1.88 bits per heavy atom. The molecule has 1 aromatic rings. The van der Waals surface area contributed by atoms with Crippen LogP contribution in [-0.2, 0) is 20.2 Å². The average Bonchev–Trinajstić information content (AvgIpc) is 2.97. The van der Waals surface area contributed by atoms with Crippen LogP contribution in [0.25, 0.3) is 0 Å². The molecule has 146 valence electrons. The van der Waals surface area contributed by atoms with E-state index in [9.17, 15) is 13.2 Å². The number of rotatable bonds is 6. The zero-order chi connectivity index (χ0) is 19.6. The zero-order valence-corrected chi connectivity index (χ0v) is 17.0. The van der Waals surface area contributed by atoms with Crippen molar-refractivity contribution in [2.75, 3.05) is 26.2 Å². The van der Waals surface area contributed by atoms with Crippen LogP contribution in [-0.4, -0.2) is 45.4 Å².